The summed E-state index contributed by atoms with van der Waals surface area (Å²) in [5.41, 5.74) is 2.72. The minimum Gasteiger partial charge on any atom is -0.497 e. The molecule has 3 rings (SSSR count). The van der Waals surface area contributed by atoms with Gasteiger partial charge in [-0.05, 0) is 47.9 Å². The molecule has 23 heavy (non-hydrogen) atoms. The molecule has 0 atom stereocenters. The van der Waals surface area contributed by atoms with Crippen LogP contribution >= 0.6 is 15.9 Å². The maximum atomic E-state index is 13.5. The third-order valence-corrected chi connectivity index (χ3v) is 4.29. The number of benzene rings is 2. The van der Waals surface area contributed by atoms with Crippen LogP contribution in [0.25, 0.3) is 0 Å². The molecule has 1 aliphatic rings. The average molecular weight is 379 g/mol. The van der Waals surface area contributed by atoms with Crippen molar-refractivity contribution in [3.63, 3.8) is 0 Å². The van der Waals surface area contributed by atoms with Gasteiger partial charge in [-0.2, -0.15) is 0 Å². The summed E-state index contributed by atoms with van der Waals surface area (Å²) < 4.78 is 19.5. The van der Waals surface area contributed by atoms with E-state index in [0.29, 0.717) is 17.9 Å². The molecular weight excluding hydrogens is 363 g/mol. The van der Waals surface area contributed by atoms with Crippen molar-refractivity contribution in [2.24, 2.45) is 0 Å². The number of nitrogens with zero attached hydrogens (tertiary/aromatic N) is 1. The lowest BCUT2D eigenvalue weighted by Crippen LogP contribution is -2.38. The fraction of sp³-hybridized carbons (Fsp3) is 0.235. The van der Waals surface area contributed by atoms with Crippen LogP contribution in [-0.4, -0.2) is 19.7 Å². The first kappa shape index (κ1) is 15.8. The molecule has 0 aliphatic carbocycles. The van der Waals surface area contributed by atoms with Gasteiger partial charge >= 0.3 is 6.03 Å². The van der Waals surface area contributed by atoms with E-state index in [9.17, 15) is 9.18 Å². The number of nitrogens with one attached hydrogen (secondary N) is 1. The lowest BCUT2D eigenvalue weighted by atomic mass is 10.2. The van der Waals surface area contributed by atoms with E-state index in [2.05, 4.69) is 21.2 Å². The summed E-state index contributed by atoms with van der Waals surface area (Å²) in [6.45, 7) is 0.888. The second-order valence-corrected chi connectivity index (χ2v) is 6.25. The van der Waals surface area contributed by atoms with E-state index in [4.69, 9.17) is 4.74 Å². The number of carbonyl (C=O) groups is 1. The fourth-order valence-electron chi connectivity index (χ4n) is 2.70. The summed E-state index contributed by atoms with van der Waals surface area (Å²) in [5, 5.41) is 2.83. The van der Waals surface area contributed by atoms with Crippen LogP contribution < -0.4 is 15.0 Å². The van der Waals surface area contributed by atoms with Gasteiger partial charge in [0, 0.05) is 29.3 Å². The van der Waals surface area contributed by atoms with Crippen LogP contribution in [0.15, 0.2) is 40.9 Å². The number of amides is 2. The summed E-state index contributed by atoms with van der Waals surface area (Å²) in [7, 11) is 1.48. The van der Waals surface area contributed by atoms with Gasteiger partial charge in [0.05, 0.1) is 7.11 Å². The van der Waals surface area contributed by atoms with E-state index >= 15 is 0 Å². The summed E-state index contributed by atoms with van der Waals surface area (Å²) in [6, 6.07) is 10.1. The number of carbonyl (C=O) groups excluding carboxylic acids is 1. The van der Waals surface area contributed by atoms with Crippen molar-refractivity contribution in [1.82, 2.24) is 5.32 Å². The second kappa shape index (κ2) is 6.58. The van der Waals surface area contributed by atoms with Crippen LogP contribution in [0, 0.1) is 5.82 Å². The third-order valence-electron chi connectivity index (χ3n) is 3.79. The van der Waals surface area contributed by atoms with Gasteiger partial charge in [-0.25, -0.2) is 9.18 Å². The molecule has 6 heteroatoms. The van der Waals surface area contributed by atoms with Crippen molar-refractivity contribution in [2.45, 2.75) is 13.0 Å². The summed E-state index contributed by atoms with van der Waals surface area (Å²) in [4.78, 5) is 14.1. The molecule has 0 bridgehead atoms. The number of anilines is 1. The Morgan fingerprint density at radius 1 is 1.35 bits per heavy atom. The normalized spacial score (nSPS) is 12.9. The molecule has 2 amide bonds. The van der Waals surface area contributed by atoms with Crippen LogP contribution in [0.2, 0.25) is 0 Å². The van der Waals surface area contributed by atoms with Crippen molar-refractivity contribution in [3.8, 4) is 5.75 Å². The first-order valence-corrected chi connectivity index (χ1v) is 8.03. The highest BCUT2D eigenvalue weighted by Crippen LogP contribution is 2.30. The Hall–Kier alpha value is -2.08. The number of rotatable bonds is 3. The Morgan fingerprint density at radius 3 is 2.96 bits per heavy atom. The van der Waals surface area contributed by atoms with E-state index in [-0.39, 0.29) is 18.4 Å². The van der Waals surface area contributed by atoms with Crippen molar-refractivity contribution in [1.29, 1.82) is 0 Å². The van der Waals surface area contributed by atoms with Crippen molar-refractivity contribution >= 4 is 27.6 Å². The van der Waals surface area contributed by atoms with Gasteiger partial charge in [0.15, 0.2) is 0 Å². The quantitative estimate of drug-likeness (QED) is 0.880. The number of methoxy groups -OCH3 is 1. The molecule has 2 aromatic rings. The number of urea groups is 1. The molecule has 2 aromatic carbocycles. The Balaban J connectivity index is 1.68. The largest absolute Gasteiger partial charge is 0.497 e. The molecular formula is C17H16BrFN2O2. The van der Waals surface area contributed by atoms with Crippen LogP contribution in [0.4, 0.5) is 14.9 Å². The topological polar surface area (TPSA) is 41.6 Å². The van der Waals surface area contributed by atoms with Crippen LogP contribution in [0.5, 0.6) is 5.75 Å². The number of ether oxygens (including phenoxy) is 1. The van der Waals surface area contributed by atoms with Crippen LogP contribution in [-0.2, 0) is 13.0 Å². The van der Waals surface area contributed by atoms with Crippen molar-refractivity contribution < 1.29 is 13.9 Å². The average Bonchev–Trinajstić information content (AvgIpc) is 2.95. The lowest BCUT2D eigenvalue weighted by Gasteiger charge is -2.18. The predicted octanol–water partition coefficient (Wildman–Crippen LogP) is 3.87. The molecule has 4 nitrogen and oxygen atoms in total. The molecule has 0 radical (unpaired) electrons. The van der Waals surface area contributed by atoms with Crippen molar-refractivity contribution in [3.05, 3.63) is 57.8 Å². The zero-order valence-corrected chi connectivity index (χ0v) is 14.2. The first-order chi connectivity index (χ1) is 11.1. The highest BCUT2D eigenvalue weighted by molar-refractivity contribution is 9.10. The maximum absolute atomic E-state index is 13.5. The minimum atomic E-state index is -0.384. The Morgan fingerprint density at radius 2 is 2.17 bits per heavy atom. The van der Waals surface area contributed by atoms with Gasteiger partial charge in [-0.1, -0.05) is 15.9 Å². The molecule has 1 heterocycles. The van der Waals surface area contributed by atoms with E-state index in [1.165, 1.54) is 19.2 Å². The van der Waals surface area contributed by atoms with Gasteiger partial charge in [-0.3, -0.25) is 4.90 Å². The van der Waals surface area contributed by atoms with Gasteiger partial charge in [0.1, 0.15) is 11.6 Å². The summed E-state index contributed by atoms with van der Waals surface area (Å²) in [6.07, 6.45) is 0.829. The van der Waals surface area contributed by atoms with E-state index in [1.807, 2.05) is 18.2 Å². The van der Waals surface area contributed by atoms with E-state index in [0.717, 1.165) is 22.1 Å². The Labute approximate surface area is 142 Å². The lowest BCUT2D eigenvalue weighted by molar-refractivity contribution is 0.246. The molecule has 0 aromatic heterocycles. The van der Waals surface area contributed by atoms with Gasteiger partial charge in [0.2, 0.25) is 0 Å². The molecule has 0 spiro atoms. The van der Waals surface area contributed by atoms with Crippen molar-refractivity contribution in [2.75, 3.05) is 18.6 Å². The van der Waals surface area contributed by atoms with Crippen LogP contribution in [0.3, 0.4) is 0 Å². The zero-order chi connectivity index (χ0) is 16.4. The SMILES string of the molecule is COc1cc(F)cc(CNC(=O)N2CCc3cc(Br)ccc32)c1. The molecule has 1 aliphatic heterocycles. The zero-order valence-electron chi connectivity index (χ0n) is 12.6. The Bertz CT molecular complexity index is 751. The predicted molar refractivity (Wildman–Crippen MR) is 90.4 cm³/mol. The first-order valence-electron chi connectivity index (χ1n) is 7.24. The fourth-order valence-corrected chi connectivity index (χ4v) is 3.10. The number of halogens is 2. The van der Waals surface area contributed by atoms with E-state index < -0.39 is 0 Å². The second-order valence-electron chi connectivity index (χ2n) is 5.33. The molecule has 1 N–H and O–H groups in total. The molecule has 0 fully saturated rings. The summed E-state index contributed by atoms with van der Waals surface area (Å²) in [5.74, 6) is 0.0515. The number of hydrogen-bond donors (Lipinski definition) is 1. The maximum Gasteiger partial charge on any atom is 0.322 e. The van der Waals surface area contributed by atoms with Crippen LogP contribution in [0.1, 0.15) is 11.1 Å². The number of hydrogen-bond acceptors (Lipinski definition) is 2. The molecule has 0 unspecified atom stereocenters. The highest BCUT2D eigenvalue weighted by atomic mass is 79.9. The molecule has 120 valence electrons. The van der Waals surface area contributed by atoms with Gasteiger partial charge in [-0.15, -0.1) is 0 Å². The highest BCUT2D eigenvalue weighted by Gasteiger charge is 2.24. The monoisotopic (exact) mass is 378 g/mol. The van der Waals surface area contributed by atoms with Gasteiger partial charge in [0.25, 0.3) is 0 Å². The standard InChI is InChI=1S/C17H16BrFN2O2/c1-23-15-7-11(6-14(19)9-15)10-20-17(22)21-5-4-12-8-13(18)2-3-16(12)21/h2-3,6-9H,4-5,10H2,1H3,(H,20,22). The Kier molecular flexibility index (Phi) is 4.52. The van der Waals surface area contributed by atoms with E-state index in [1.54, 1.807) is 11.0 Å². The third kappa shape index (κ3) is 3.47. The minimum absolute atomic E-state index is 0.186. The number of fused-ring (bicyclic) bond motifs is 1. The smallest absolute Gasteiger partial charge is 0.322 e. The summed E-state index contributed by atoms with van der Waals surface area (Å²) >= 11 is 3.44. The molecule has 0 saturated carbocycles. The van der Waals surface area contributed by atoms with Gasteiger partial charge < -0.3 is 10.1 Å². The molecule has 0 saturated heterocycles.